The minimum Gasteiger partial charge on any atom is -0.317 e. The quantitative estimate of drug-likeness (QED) is 0.571. The van der Waals surface area contributed by atoms with E-state index in [2.05, 4.69) is 30.1 Å². The summed E-state index contributed by atoms with van der Waals surface area (Å²) in [5, 5.41) is 11.8. The Hall–Kier alpha value is -0.590. The summed E-state index contributed by atoms with van der Waals surface area (Å²) in [6.07, 6.45) is 3.03. The predicted octanol–water partition coefficient (Wildman–Crippen LogP) is 1.61. The van der Waals surface area contributed by atoms with Gasteiger partial charge in [-0.25, -0.2) is 0 Å². The van der Waals surface area contributed by atoms with Crippen LogP contribution in [0.5, 0.6) is 0 Å². The molecule has 0 aromatic heterocycles. The zero-order chi connectivity index (χ0) is 10.6. The number of nitriles is 1. The minimum absolute atomic E-state index is 0.649. The van der Waals surface area contributed by atoms with E-state index in [0.717, 1.165) is 32.7 Å². The summed E-state index contributed by atoms with van der Waals surface area (Å²) in [5.41, 5.74) is 0. The minimum atomic E-state index is 0.649. The van der Waals surface area contributed by atoms with Gasteiger partial charge in [-0.15, -0.1) is 0 Å². The lowest BCUT2D eigenvalue weighted by molar-refractivity contribution is 0.289. The molecule has 0 bridgehead atoms. The first-order valence-corrected chi connectivity index (χ1v) is 5.65. The first kappa shape index (κ1) is 13.4. The maximum absolute atomic E-state index is 8.46. The Morgan fingerprint density at radius 3 is 2.57 bits per heavy atom. The molecule has 0 aromatic rings. The van der Waals surface area contributed by atoms with Gasteiger partial charge in [0.1, 0.15) is 0 Å². The van der Waals surface area contributed by atoms with Crippen molar-refractivity contribution in [2.45, 2.75) is 33.1 Å². The molecule has 0 amide bonds. The van der Waals surface area contributed by atoms with Crippen molar-refractivity contribution in [1.82, 2.24) is 10.2 Å². The molecule has 0 saturated carbocycles. The van der Waals surface area contributed by atoms with E-state index in [1.807, 2.05) is 0 Å². The van der Waals surface area contributed by atoms with E-state index in [9.17, 15) is 0 Å². The third-order valence-corrected chi connectivity index (χ3v) is 2.24. The highest BCUT2D eigenvalue weighted by Gasteiger charge is 2.00. The van der Waals surface area contributed by atoms with Gasteiger partial charge in [-0.05, 0) is 39.0 Å². The summed E-state index contributed by atoms with van der Waals surface area (Å²) >= 11 is 0. The van der Waals surface area contributed by atoms with Crippen molar-refractivity contribution in [3.05, 3.63) is 0 Å². The zero-order valence-corrected chi connectivity index (χ0v) is 9.55. The molecular weight excluding hydrogens is 174 g/mol. The Bertz CT molecular complexity index is 151. The molecule has 0 fully saturated rings. The van der Waals surface area contributed by atoms with Gasteiger partial charge in [0.05, 0.1) is 6.07 Å². The highest BCUT2D eigenvalue weighted by Crippen LogP contribution is 1.92. The largest absolute Gasteiger partial charge is 0.317 e. The predicted molar refractivity (Wildman–Crippen MR) is 60.1 cm³/mol. The van der Waals surface area contributed by atoms with Crippen LogP contribution in [0.1, 0.15) is 33.1 Å². The maximum atomic E-state index is 8.46. The van der Waals surface area contributed by atoms with Crippen molar-refractivity contribution in [2.75, 3.05) is 32.7 Å². The molecule has 14 heavy (non-hydrogen) atoms. The first-order chi connectivity index (χ1) is 6.85. The standard InChI is InChI=1S/C11H23N3/c1-3-8-13-9-6-11-14(4-2)10-5-7-12/h13H,3-6,8-11H2,1-2H3. The molecule has 0 unspecified atom stereocenters. The lowest BCUT2D eigenvalue weighted by atomic mass is 10.3. The van der Waals surface area contributed by atoms with Crippen molar-refractivity contribution in [3.8, 4) is 6.07 Å². The van der Waals surface area contributed by atoms with Gasteiger partial charge in [-0.1, -0.05) is 13.8 Å². The topological polar surface area (TPSA) is 39.1 Å². The van der Waals surface area contributed by atoms with E-state index in [1.165, 1.54) is 12.8 Å². The van der Waals surface area contributed by atoms with Crippen LogP contribution in [0.3, 0.4) is 0 Å². The molecule has 0 aromatic carbocycles. The number of nitrogens with zero attached hydrogens (tertiary/aromatic N) is 2. The Labute approximate surface area is 88.1 Å². The average molecular weight is 197 g/mol. The third-order valence-electron chi connectivity index (χ3n) is 2.24. The summed E-state index contributed by atoms with van der Waals surface area (Å²) in [4.78, 5) is 2.33. The fourth-order valence-electron chi connectivity index (χ4n) is 1.37. The Kier molecular flexibility index (Phi) is 10.0. The molecule has 0 heterocycles. The van der Waals surface area contributed by atoms with E-state index in [-0.39, 0.29) is 0 Å². The van der Waals surface area contributed by atoms with Gasteiger partial charge in [0.2, 0.25) is 0 Å². The molecule has 3 heteroatoms. The SMILES string of the molecule is CCCNCCCN(CC)CCC#N. The first-order valence-electron chi connectivity index (χ1n) is 5.65. The van der Waals surface area contributed by atoms with Gasteiger partial charge < -0.3 is 10.2 Å². The fourth-order valence-corrected chi connectivity index (χ4v) is 1.37. The molecule has 3 nitrogen and oxygen atoms in total. The Morgan fingerprint density at radius 2 is 2.00 bits per heavy atom. The van der Waals surface area contributed by atoms with Crippen LogP contribution in [-0.2, 0) is 0 Å². The van der Waals surface area contributed by atoms with Crippen LogP contribution < -0.4 is 5.32 Å². The summed E-state index contributed by atoms with van der Waals surface area (Å²) < 4.78 is 0. The van der Waals surface area contributed by atoms with Gasteiger partial charge in [0.25, 0.3) is 0 Å². The summed E-state index contributed by atoms with van der Waals surface area (Å²) in [6.45, 7) is 9.61. The van der Waals surface area contributed by atoms with Gasteiger partial charge in [-0.3, -0.25) is 0 Å². The molecular formula is C11H23N3. The maximum Gasteiger partial charge on any atom is 0.0635 e. The highest BCUT2D eigenvalue weighted by atomic mass is 15.1. The van der Waals surface area contributed by atoms with Crippen LogP contribution in [0.25, 0.3) is 0 Å². The van der Waals surface area contributed by atoms with Crippen LogP contribution in [-0.4, -0.2) is 37.6 Å². The van der Waals surface area contributed by atoms with Crippen LogP contribution in [0.2, 0.25) is 0 Å². The molecule has 0 atom stereocenters. The highest BCUT2D eigenvalue weighted by molar-refractivity contribution is 4.71. The van der Waals surface area contributed by atoms with Crippen LogP contribution in [0.4, 0.5) is 0 Å². The molecule has 0 aliphatic rings. The third kappa shape index (κ3) is 8.03. The Morgan fingerprint density at radius 1 is 1.21 bits per heavy atom. The molecule has 0 aliphatic heterocycles. The second-order valence-electron chi connectivity index (χ2n) is 3.45. The van der Waals surface area contributed by atoms with Crippen LogP contribution in [0, 0.1) is 11.3 Å². The number of nitrogens with one attached hydrogen (secondary N) is 1. The lowest BCUT2D eigenvalue weighted by Gasteiger charge is -2.18. The van der Waals surface area contributed by atoms with E-state index in [0.29, 0.717) is 6.42 Å². The average Bonchev–Trinajstić information content (AvgIpc) is 2.22. The smallest absolute Gasteiger partial charge is 0.0635 e. The number of rotatable bonds is 9. The van der Waals surface area contributed by atoms with Crippen LogP contribution in [0.15, 0.2) is 0 Å². The zero-order valence-electron chi connectivity index (χ0n) is 9.55. The molecule has 0 aliphatic carbocycles. The fraction of sp³-hybridized carbons (Fsp3) is 0.909. The molecule has 1 N–H and O–H groups in total. The van der Waals surface area contributed by atoms with E-state index >= 15 is 0 Å². The molecule has 82 valence electrons. The molecule has 0 spiro atoms. The van der Waals surface area contributed by atoms with Crippen molar-refractivity contribution in [3.63, 3.8) is 0 Å². The van der Waals surface area contributed by atoms with Gasteiger partial charge in [-0.2, -0.15) is 5.26 Å². The molecule has 0 radical (unpaired) electrons. The Balaban J connectivity index is 3.29. The van der Waals surface area contributed by atoms with E-state index in [4.69, 9.17) is 5.26 Å². The second kappa shape index (κ2) is 10.5. The number of hydrogen-bond acceptors (Lipinski definition) is 3. The summed E-state index contributed by atoms with van der Waals surface area (Å²) in [5.74, 6) is 0. The van der Waals surface area contributed by atoms with Crippen molar-refractivity contribution in [1.29, 1.82) is 5.26 Å². The normalized spacial score (nSPS) is 10.4. The van der Waals surface area contributed by atoms with Crippen LogP contribution >= 0.6 is 0 Å². The molecule has 0 saturated heterocycles. The van der Waals surface area contributed by atoms with E-state index < -0.39 is 0 Å². The van der Waals surface area contributed by atoms with Crippen molar-refractivity contribution in [2.24, 2.45) is 0 Å². The van der Waals surface area contributed by atoms with Crippen molar-refractivity contribution >= 4 is 0 Å². The second-order valence-corrected chi connectivity index (χ2v) is 3.45. The lowest BCUT2D eigenvalue weighted by Crippen LogP contribution is -2.28. The van der Waals surface area contributed by atoms with Crippen molar-refractivity contribution < 1.29 is 0 Å². The number of hydrogen-bond donors (Lipinski definition) is 1. The summed E-state index contributed by atoms with van der Waals surface area (Å²) in [6, 6.07) is 2.19. The monoisotopic (exact) mass is 197 g/mol. The van der Waals surface area contributed by atoms with Gasteiger partial charge >= 0.3 is 0 Å². The van der Waals surface area contributed by atoms with Gasteiger partial charge in [0, 0.05) is 13.0 Å². The van der Waals surface area contributed by atoms with Gasteiger partial charge in [0.15, 0.2) is 0 Å². The summed E-state index contributed by atoms with van der Waals surface area (Å²) in [7, 11) is 0. The molecule has 0 rings (SSSR count). The van der Waals surface area contributed by atoms with E-state index in [1.54, 1.807) is 0 Å².